The highest BCUT2D eigenvalue weighted by atomic mass is 16.5. The van der Waals surface area contributed by atoms with E-state index in [4.69, 9.17) is 52.8 Å². The summed E-state index contributed by atoms with van der Waals surface area (Å²) in [5, 5.41) is 31.2. The Kier molecular flexibility index (Phi) is 20.0. The molecular weight excluding hydrogens is 925 g/mol. The SMILES string of the molecule is C#CCOCCOCCOCCNc1nc(N2CCN(C(=O)[C@@H](Cc3cc4ccccc4[nH]3)n3cc([C@@H](N)CC(C)C)nn3)CC2)nc(N2CCN(C(=O)[C@H](CCCCN)n3cc([C@@H](N)CO)nn3)CC2)n1. The van der Waals surface area contributed by atoms with Gasteiger partial charge in [0.15, 0.2) is 0 Å². The maximum absolute atomic E-state index is 14.6. The minimum atomic E-state index is -0.700. The van der Waals surface area contributed by atoms with Crippen molar-refractivity contribution in [2.75, 3.05) is 127 Å². The number of hydrogen-bond acceptors (Lipinski definition) is 19. The Balaban J connectivity index is 1.03. The molecule has 2 amide bonds. The van der Waals surface area contributed by atoms with Crippen LogP contribution in [0.4, 0.5) is 17.8 Å². The largest absolute Gasteiger partial charge is 0.394 e. The van der Waals surface area contributed by atoms with Crippen molar-refractivity contribution in [1.29, 1.82) is 0 Å². The number of H-pyrrole nitrogens is 1. The molecule has 0 aliphatic carbocycles. The Morgan fingerprint density at radius 2 is 1.38 bits per heavy atom. The van der Waals surface area contributed by atoms with Crippen LogP contribution in [0.15, 0.2) is 42.7 Å². The van der Waals surface area contributed by atoms with Gasteiger partial charge in [0, 0.05) is 76.5 Å². The summed E-state index contributed by atoms with van der Waals surface area (Å²) in [5.74, 6) is 3.94. The molecule has 24 heteroatoms. The third-order valence-electron chi connectivity index (χ3n) is 12.7. The normalized spacial score (nSPS) is 16.0. The van der Waals surface area contributed by atoms with Crippen LogP contribution in [-0.2, 0) is 30.2 Å². The molecule has 2 aliphatic heterocycles. The zero-order valence-electron chi connectivity index (χ0n) is 41.6. The number of amides is 2. The van der Waals surface area contributed by atoms with E-state index in [1.165, 1.54) is 0 Å². The molecule has 0 radical (unpaired) electrons. The van der Waals surface area contributed by atoms with E-state index in [-0.39, 0.29) is 31.1 Å². The van der Waals surface area contributed by atoms with Crippen molar-refractivity contribution in [1.82, 2.24) is 59.7 Å². The first-order valence-electron chi connectivity index (χ1n) is 25.0. The molecule has 0 unspecified atom stereocenters. The number of nitrogens with zero attached hydrogens (tertiary/aromatic N) is 13. The predicted octanol–water partition coefficient (Wildman–Crippen LogP) is 0.820. The van der Waals surface area contributed by atoms with Crippen molar-refractivity contribution < 1.29 is 28.9 Å². The number of aliphatic hydroxyl groups is 1. The van der Waals surface area contributed by atoms with Crippen molar-refractivity contribution in [3.05, 3.63) is 59.8 Å². The molecule has 2 saturated heterocycles. The summed E-state index contributed by atoms with van der Waals surface area (Å²) in [6.45, 7) is 10.6. The van der Waals surface area contributed by atoms with E-state index in [0.717, 1.165) is 35.9 Å². The minimum Gasteiger partial charge on any atom is -0.394 e. The summed E-state index contributed by atoms with van der Waals surface area (Å²) >= 11 is 0. The van der Waals surface area contributed by atoms with Gasteiger partial charge in [0.1, 0.15) is 24.4 Å². The molecule has 0 bridgehead atoms. The Morgan fingerprint density at radius 1 is 0.792 bits per heavy atom. The van der Waals surface area contributed by atoms with Crippen LogP contribution in [0.3, 0.4) is 0 Å². The maximum Gasteiger partial charge on any atom is 0.248 e. The van der Waals surface area contributed by atoms with Gasteiger partial charge in [-0.05, 0) is 55.7 Å². The van der Waals surface area contributed by atoms with E-state index in [1.807, 2.05) is 45.2 Å². The first-order valence-corrected chi connectivity index (χ1v) is 25.0. The molecule has 0 spiro atoms. The highest BCUT2D eigenvalue weighted by Crippen LogP contribution is 2.26. The fraction of sp³-hybridized carbons (Fsp3) is 0.604. The molecular formula is C48H72N18O6. The van der Waals surface area contributed by atoms with Crippen LogP contribution in [0, 0.1) is 18.3 Å². The predicted molar refractivity (Wildman–Crippen MR) is 271 cm³/mol. The number of benzene rings is 1. The summed E-state index contributed by atoms with van der Waals surface area (Å²) in [6, 6.07) is 7.85. The number of piperazine rings is 2. The summed E-state index contributed by atoms with van der Waals surface area (Å²) in [6.07, 6.45) is 11.8. The number of nitrogens with one attached hydrogen (secondary N) is 2. The van der Waals surface area contributed by atoms with E-state index in [2.05, 4.69) is 61.7 Å². The number of aromatic nitrogens is 10. The minimum absolute atomic E-state index is 0.0736. The summed E-state index contributed by atoms with van der Waals surface area (Å²) in [5.41, 5.74) is 21.3. The van der Waals surface area contributed by atoms with Gasteiger partial charge in [-0.3, -0.25) is 9.59 Å². The monoisotopic (exact) mass is 997 g/mol. The highest BCUT2D eigenvalue weighted by molar-refractivity contribution is 5.83. The summed E-state index contributed by atoms with van der Waals surface area (Å²) < 4.78 is 19.8. The molecule has 5 aromatic rings. The molecule has 24 nitrogen and oxygen atoms in total. The van der Waals surface area contributed by atoms with Gasteiger partial charge in [-0.25, -0.2) is 9.36 Å². The number of carbonyl (C=O) groups excluding carboxylic acids is 2. The molecule has 1 aromatic carbocycles. The number of rotatable bonds is 28. The zero-order chi connectivity index (χ0) is 50.8. The van der Waals surface area contributed by atoms with E-state index in [0.29, 0.717) is 146 Å². The lowest BCUT2D eigenvalue weighted by Crippen LogP contribution is -2.52. The van der Waals surface area contributed by atoms with Crippen molar-refractivity contribution >= 4 is 40.6 Å². The van der Waals surface area contributed by atoms with Crippen molar-refractivity contribution in [3.8, 4) is 12.3 Å². The number of terminal acetylenes is 1. The molecule has 7 rings (SSSR count). The number of hydrogen-bond donors (Lipinski definition) is 6. The van der Waals surface area contributed by atoms with Gasteiger partial charge in [-0.15, -0.1) is 16.6 Å². The van der Waals surface area contributed by atoms with E-state index >= 15 is 0 Å². The molecule has 0 saturated carbocycles. The van der Waals surface area contributed by atoms with Crippen LogP contribution >= 0.6 is 0 Å². The maximum atomic E-state index is 14.6. The Bertz CT molecular complexity index is 2460. The lowest BCUT2D eigenvalue weighted by molar-refractivity contribution is -0.136. The lowest BCUT2D eigenvalue weighted by Gasteiger charge is -2.38. The molecule has 2 aliphatic rings. The molecule has 72 heavy (non-hydrogen) atoms. The fourth-order valence-corrected chi connectivity index (χ4v) is 8.74. The second-order valence-electron chi connectivity index (χ2n) is 18.5. The van der Waals surface area contributed by atoms with Crippen LogP contribution in [0.2, 0.25) is 0 Å². The Morgan fingerprint density at radius 3 is 1.97 bits per heavy atom. The third-order valence-corrected chi connectivity index (χ3v) is 12.7. The fourth-order valence-electron chi connectivity index (χ4n) is 8.74. The molecule has 4 atom stereocenters. The second kappa shape index (κ2) is 26.9. The Hall–Kier alpha value is -6.33. The van der Waals surface area contributed by atoms with Crippen molar-refractivity contribution in [2.45, 2.75) is 70.1 Å². The Labute approximate surface area is 420 Å². The van der Waals surface area contributed by atoms with Gasteiger partial charge in [0.25, 0.3) is 0 Å². The van der Waals surface area contributed by atoms with E-state index in [1.54, 1.807) is 15.6 Å². The topological polar surface area (TPSA) is 301 Å². The number of aromatic amines is 1. The molecule has 6 heterocycles. The molecule has 4 aromatic heterocycles. The molecule has 390 valence electrons. The first-order chi connectivity index (χ1) is 35.0. The van der Waals surface area contributed by atoms with Crippen LogP contribution in [-0.4, -0.2) is 188 Å². The van der Waals surface area contributed by atoms with Gasteiger partial charge < -0.3 is 66.4 Å². The second-order valence-corrected chi connectivity index (χ2v) is 18.5. The highest BCUT2D eigenvalue weighted by Gasteiger charge is 2.34. The average Bonchev–Trinajstić information content (AvgIpc) is 4.19. The first kappa shape index (κ1) is 53.5. The summed E-state index contributed by atoms with van der Waals surface area (Å²) in [7, 11) is 0. The van der Waals surface area contributed by atoms with E-state index in [9.17, 15) is 14.7 Å². The van der Waals surface area contributed by atoms with Crippen LogP contribution in [0.5, 0.6) is 0 Å². The molecule has 9 N–H and O–H groups in total. The standard InChI is InChI=1S/C48H72N18O6/c1-4-22-70-24-26-72-27-25-71-23-13-52-46-54-47(63-18-14-61(15-19-63)44(68)42(11-7-8-12-49)65-32-41(58-59-65)38(51)33-67)56-48(55-46)64-20-16-62(17-21-64)45(69)43(30-36-29-35-9-5-6-10-39(35)53-36)66-31-40(57-60-66)37(50)28-34(2)3/h1,5-6,9-10,29,31-32,34,37-38,42-43,53,67H,7-8,11-28,30,33,49-51H2,2-3H3,(H,52,54,55,56)/t37-,38-,42-,43+/m0/s1. The number of anilines is 3. The van der Waals surface area contributed by atoms with Crippen LogP contribution < -0.4 is 32.3 Å². The number of nitrogens with two attached hydrogens (primary N) is 3. The average molecular weight is 997 g/mol. The van der Waals surface area contributed by atoms with Gasteiger partial charge in [-0.1, -0.05) is 48.4 Å². The van der Waals surface area contributed by atoms with Crippen molar-refractivity contribution in [2.24, 2.45) is 23.1 Å². The van der Waals surface area contributed by atoms with Gasteiger partial charge in [0.2, 0.25) is 29.7 Å². The zero-order valence-corrected chi connectivity index (χ0v) is 41.6. The quantitative estimate of drug-likeness (QED) is 0.0299. The van der Waals surface area contributed by atoms with Crippen molar-refractivity contribution in [3.63, 3.8) is 0 Å². The summed E-state index contributed by atoms with van der Waals surface area (Å²) in [4.78, 5) is 54.8. The van der Waals surface area contributed by atoms with Gasteiger partial charge in [0.05, 0.1) is 69.8 Å². The van der Waals surface area contributed by atoms with E-state index < -0.39 is 18.1 Å². The van der Waals surface area contributed by atoms with Gasteiger partial charge in [-0.2, -0.15) is 15.0 Å². The lowest BCUT2D eigenvalue weighted by atomic mass is 10.0. The molecule has 2 fully saturated rings. The number of para-hydroxylation sites is 1. The number of ether oxygens (including phenoxy) is 3. The smallest absolute Gasteiger partial charge is 0.248 e. The van der Waals surface area contributed by atoms with Crippen LogP contribution in [0.1, 0.15) is 80.8 Å². The van der Waals surface area contributed by atoms with Crippen LogP contribution in [0.25, 0.3) is 10.9 Å². The van der Waals surface area contributed by atoms with Gasteiger partial charge >= 0.3 is 0 Å². The number of aliphatic hydroxyl groups excluding tert-OH is 1. The number of unbranched alkanes of at least 4 members (excludes halogenated alkanes) is 1. The number of carbonyl (C=O) groups is 2. The third kappa shape index (κ3) is 14.6. The number of fused-ring (bicyclic) bond motifs is 1.